The van der Waals surface area contributed by atoms with Gasteiger partial charge in [-0.25, -0.2) is 14.2 Å². The summed E-state index contributed by atoms with van der Waals surface area (Å²) in [5, 5.41) is 5.20. The highest BCUT2D eigenvalue weighted by Crippen LogP contribution is 2.11. The molecule has 2 amide bonds. The predicted molar refractivity (Wildman–Crippen MR) is 84.4 cm³/mol. The number of para-hydroxylation sites is 1. The molecule has 0 aliphatic carbocycles. The summed E-state index contributed by atoms with van der Waals surface area (Å²) in [7, 11) is 0. The summed E-state index contributed by atoms with van der Waals surface area (Å²) < 4.78 is 15.6. The number of benzene rings is 1. The first kappa shape index (κ1) is 16.0. The molecule has 5 nitrogen and oxygen atoms in total. The van der Waals surface area contributed by atoms with Crippen molar-refractivity contribution in [3.05, 3.63) is 47.8 Å². The Hall–Kier alpha value is -2.37. The number of aryl methyl sites for hydroxylation is 1. The fourth-order valence-electron chi connectivity index (χ4n) is 2.26. The zero-order valence-electron chi connectivity index (χ0n) is 12.9. The van der Waals surface area contributed by atoms with Gasteiger partial charge in [0.15, 0.2) is 0 Å². The van der Waals surface area contributed by atoms with Crippen molar-refractivity contribution in [3.63, 3.8) is 0 Å². The number of aromatic nitrogens is 2. The van der Waals surface area contributed by atoms with Gasteiger partial charge in [0.1, 0.15) is 11.6 Å². The van der Waals surface area contributed by atoms with Crippen LogP contribution in [0.15, 0.2) is 30.5 Å². The van der Waals surface area contributed by atoms with Crippen molar-refractivity contribution in [3.8, 4) is 0 Å². The van der Waals surface area contributed by atoms with Crippen LogP contribution >= 0.6 is 0 Å². The number of halogens is 1. The number of amides is 2. The highest BCUT2D eigenvalue weighted by atomic mass is 19.1. The van der Waals surface area contributed by atoms with Crippen LogP contribution in [-0.2, 0) is 13.0 Å². The summed E-state index contributed by atoms with van der Waals surface area (Å²) in [4.78, 5) is 16.1. The monoisotopic (exact) mass is 304 g/mol. The third kappa shape index (κ3) is 4.07. The molecular formula is C16H21FN4O. The SMILES string of the molecule is CCCn1c(C)cnc1CCNC(=O)Nc1ccccc1F. The van der Waals surface area contributed by atoms with E-state index >= 15 is 0 Å². The molecule has 2 N–H and O–H groups in total. The molecule has 0 radical (unpaired) electrons. The molecule has 118 valence electrons. The van der Waals surface area contributed by atoms with Gasteiger partial charge in [0.05, 0.1) is 5.69 Å². The molecule has 0 spiro atoms. The van der Waals surface area contributed by atoms with Gasteiger partial charge in [0.2, 0.25) is 0 Å². The van der Waals surface area contributed by atoms with E-state index in [4.69, 9.17) is 0 Å². The lowest BCUT2D eigenvalue weighted by atomic mass is 10.3. The molecule has 0 bridgehead atoms. The van der Waals surface area contributed by atoms with Crippen LogP contribution in [-0.4, -0.2) is 22.1 Å². The Kier molecular flexibility index (Phi) is 5.52. The Bertz CT molecular complexity index is 639. The summed E-state index contributed by atoms with van der Waals surface area (Å²) in [5.74, 6) is 0.498. The zero-order valence-corrected chi connectivity index (χ0v) is 12.9. The van der Waals surface area contributed by atoms with Gasteiger partial charge < -0.3 is 15.2 Å². The van der Waals surface area contributed by atoms with Gasteiger partial charge in [-0.2, -0.15) is 0 Å². The van der Waals surface area contributed by atoms with Crippen LogP contribution in [0.1, 0.15) is 24.9 Å². The van der Waals surface area contributed by atoms with Crippen molar-refractivity contribution < 1.29 is 9.18 Å². The minimum atomic E-state index is -0.452. The second-order valence-electron chi connectivity index (χ2n) is 5.08. The van der Waals surface area contributed by atoms with E-state index in [1.807, 2.05) is 13.1 Å². The molecule has 0 aliphatic heterocycles. The number of nitrogens with zero attached hydrogens (tertiary/aromatic N) is 2. The number of carbonyl (C=O) groups excluding carboxylic acids is 1. The van der Waals surface area contributed by atoms with Gasteiger partial charge in [0.25, 0.3) is 0 Å². The van der Waals surface area contributed by atoms with Crippen LogP contribution in [0.4, 0.5) is 14.9 Å². The first-order chi connectivity index (χ1) is 10.6. The lowest BCUT2D eigenvalue weighted by molar-refractivity contribution is 0.252. The number of hydrogen-bond acceptors (Lipinski definition) is 2. The second kappa shape index (κ2) is 7.59. The van der Waals surface area contributed by atoms with E-state index in [-0.39, 0.29) is 5.69 Å². The number of hydrogen-bond donors (Lipinski definition) is 2. The Morgan fingerprint density at radius 2 is 2.14 bits per heavy atom. The van der Waals surface area contributed by atoms with Crippen LogP contribution in [0.25, 0.3) is 0 Å². The minimum Gasteiger partial charge on any atom is -0.337 e. The number of imidazole rings is 1. The zero-order chi connectivity index (χ0) is 15.9. The number of nitrogens with one attached hydrogen (secondary N) is 2. The van der Waals surface area contributed by atoms with Crippen molar-refractivity contribution in [2.24, 2.45) is 0 Å². The Morgan fingerprint density at radius 3 is 2.86 bits per heavy atom. The molecule has 22 heavy (non-hydrogen) atoms. The average Bonchev–Trinajstić information content (AvgIpc) is 2.83. The lowest BCUT2D eigenvalue weighted by Crippen LogP contribution is -2.31. The molecule has 2 aromatic rings. The Balaban J connectivity index is 1.84. The maximum absolute atomic E-state index is 13.4. The normalized spacial score (nSPS) is 10.5. The van der Waals surface area contributed by atoms with Crippen molar-refractivity contribution >= 4 is 11.7 Å². The standard InChI is InChI=1S/C16H21FN4O/c1-3-10-21-12(2)11-19-15(21)8-9-18-16(22)20-14-7-5-4-6-13(14)17/h4-7,11H,3,8-10H2,1-2H3,(H2,18,20,22). The number of urea groups is 1. The molecule has 0 fully saturated rings. The van der Waals surface area contributed by atoms with E-state index in [0.717, 1.165) is 24.5 Å². The van der Waals surface area contributed by atoms with Crippen molar-refractivity contribution in [1.29, 1.82) is 0 Å². The third-order valence-corrected chi connectivity index (χ3v) is 3.34. The van der Waals surface area contributed by atoms with Crippen LogP contribution in [0.3, 0.4) is 0 Å². The van der Waals surface area contributed by atoms with Crippen LogP contribution in [0.2, 0.25) is 0 Å². The van der Waals surface area contributed by atoms with Crippen LogP contribution in [0.5, 0.6) is 0 Å². The largest absolute Gasteiger partial charge is 0.337 e. The van der Waals surface area contributed by atoms with Gasteiger partial charge in [-0.05, 0) is 25.5 Å². The molecule has 2 rings (SSSR count). The summed E-state index contributed by atoms with van der Waals surface area (Å²) >= 11 is 0. The van der Waals surface area contributed by atoms with Crippen molar-refractivity contribution in [2.75, 3.05) is 11.9 Å². The van der Waals surface area contributed by atoms with Gasteiger partial charge in [-0.3, -0.25) is 0 Å². The van der Waals surface area contributed by atoms with Crippen LogP contribution < -0.4 is 10.6 Å². The first-order valence-corrected chi connectivity index (χ1v) is 7.42. The molecule has 0 saturated carbocycles. The molecule has 0 saturated heterocycles. The molecular weight excluding hydrogens is 283 g/mol. The molecule has 0 unspecified atom stereocenters. The predicted octanol–water partition coefficient (Wildman–Crippen LogP) is 3.10. The Morgan fingerprint density at radius 1 is 1.36 bits per heavy atom. The molecule has 6 heteroatoms. The molecule has 0 atom stereocenters. The molecule has 0 aliphatic rings. The number of anilines is 1. The highest BCUT2D eigenvalue weighted by Gasteiger charge is 2.08. The van der Waals surface area contributed by atoms with Gasteiger partial charge in [-0.1, -0.05) is 19.1 Å². The first-order valence-electron chi connectivity index (χ1n) is 7.42. The third-order valence-electron chi connectivity index (χ3n) is 3.34. The minimum absolute atomic E-state index is 0.170. The average molecular weight is 304 g/mol. The fraction of sp³-hybridized carbons (Fsp3) is 0.375. The van der Waals surface area contributed by atoms with Crippen molar-refractivity contribution in [1.82, 2.24) is 14.9 Å². The van der Waals surface area contributed by atoms with Gasteiger partial charge in [-0.15, -0.1) is 0 Å². The van der Waals surface area contributed by atoms with Crippen LogP contribution in [0, 0.1) is 12.7 Å². The molecule has 1 heterocycles. The molecule has 1 aromatic heterocycles. The molecule has 1 aromatic carbocycles. The number of rotatable bonds is 6. The van der Waals surface area contributed by atoms with E-state index in [9.17, 15) is 9.18 Å². The summed E-state index contributed by atoms with van der Waals surface area (Å²) in [5.41, 5.74) is 1.29. The van der Waals surface area contributed by atoms with Crippen molar-refractivity contribution in [2.45, 2.75) is 33.2 Å². The summed E-state index contributed by atoms with van der Waals surface area (Å²) in [6.07, 6.45) is 3.51. The van der Waals surface area contributed by atoms with E-state index in [1.54, 1.807) is 12.1 Å². The second-order valence-corrected chi connectivity index (χ2v) is 5.08. The van der Waals surface area contributed by atoms with Gasteiger partial charge in [0, 0.05) is 31.4 Å². The number of carbonyl (C=O) groups is 1. The van der Waals surface area contributed by atoms with E-state index in [1.165, 1.54) is 12.1 Å². The highest BCUT2D eigenvalue weighted by molar-refractivity contribution is 5.89. The van der Waals surface area contributed by atoms with Gasteiger partial charge >= 0.3 is 6.03 Å². The summed E-state index contributed by atoms with van der Waals surface area (Å²) in [6, 6.07) is 5.65. The van der Waals surface area contributed by atoms with E-state index in [0.29, 0.717) is 13.0 Å². The smallest absolute Gasteiger partial charge is 0.319 e. The van der Waals surface area contributed by atoms with E-state index in [2.05, 4.69) is 27.1 Å². The lowest BCUT2D eigenvalue weighted by Gasteiger charge is -2.10. The fourth-order valence-corrected chi connectivity index (χ4v) is 2.26. The maximum atomic E-state index is 13.4. The quantitative estimate of drug-likeness (QED) is 0.861. The summed E-state index contributed by atoms with van der Waals surface area (Å²) in [6.45, 7) is 5.50. The topological polar surface area (TPSA) is 59.0 Å². The van der Waals surface area contributed by atoms with E-state index < -0.39 is 11.8 Å². The maximum Gasteiger partial charge on any atom is 0.319 e. The Labute approximate surface area is 129 Å².